The van der Waals surface area contributed by atoms with E-state index in [1.165, 1.54) is 0 Å². The second-order valence-corrected chi connectivity index (χ2v) is 4.90. The van der Waals surface area contributed by atoms with Crippen molar-refractivity contribution in [3.05, 3.63) is 5.69 Å². The predicted octanol–water partition coefficient (Wildman–Crippen LogP) is 1.73. The molecule has 1 fully saturated rings. The van der Waals surface area contributed by atoms with E-state index >= 15 is 0 Å². The summed E-state index contributed by atoms with van der Waals surface area (Å²) in [6.07, 6.45) is 3.18. The van der Waals surface area contributed by atoms with Crippen molar-refractivity contribution in [1.29, 1.82) is 0 Å². The first-order valence-corrected chi connectivity index (χ1v) is 7.05. The fraction of sp³-hybridized carbons (Fsp3) is 0.636. The molecule has 1 saturated heterocycles. The minimum Gasteiger partial charge on any atom is -0.461 e. The summed E-state index contributed by atoms with van der Waals surface area (Å²) in [5.74, 6) is -0.565. The Morgan fingerprint density at radius 2 is 2.11 bits per heavy atom. The van der Waals surface area contributed by atoms with E-state index in [2.05, 4.69) is 14.9 Å². The molecule has 0 spiro atoms. The van der Waals surface area contributed by atoms with E-state index in [1.807, 2.05) is 0 Å². The third-order valence-electron chi connectivity index (χ3n) is 2.82. The number of carbonyl (C=O) groups excluding carboxylic acids is 2. The summed E-state index contributed by atoms with van der Waals surface area (Å²) in [5, 5.41) is 6.71. The number of carbonyl (C=O) groups is 2. The minimum atomic E-state index is -0.565. The predicted molar refractivity (Wildman–Crippen MR) is 70.3 cm³/mol. The van der Waals surface area contributed by atoms with Crippen LogP contribution in [0.2, 0.25) is 0 Å². The van der Waals surface area contributed by atoms with Crippen molar-refractivity contribution in [1.82, 2.24) is 14.5 Å². The lowest BCUT2D eigenvalue weighted by atomic mass is 10.1. The maximum Gasteiger partial charge on any atom is 0.362 e. The number of urea groups is 1. The van der Waals surface area contributed by atoms with Crippen molar-refractivity contribution >= 4 is 28.5 Å². The molecule has 1 aromatic heterocycles. The molecule has 0 aromatic carbocycles. The largest absolute Gasteiger partial charge is 0.461 e. The molecule has 1 aromatic rings. The van der Waals surface area contributed by atoms with Crippen LogP contribution in [0.5, 0.6) is 0 Å². The molecule has 0 bridgehead atoms. The van der Waals surface area contributed by atoms with Gasteiger partial charge in [-0.15, -0.1) is 5.10 Å². The number of piperidine rings is 1. The Bertz CT molecular complexity index is 457. The molecule has 2 amide bonds. The summed E-state index contributed by atoms with van der Waals surface area (Å²) < 4.78 is 8.54. The Morgan fingerprint density at radius 3 is 2.79 bits per heavy atom. The Hall–Kier alpha value is -1.70. The number of nitrogens with zero attached hydrogens (tertiary/aromatic N) is 3. The van der Waals surface area contributed by atoms with Gasteiger partial charge in [0.2, 0.25) is 5.69 Å². The number of aromatic nitrogens is 2. The van der Waals surface area contributed by atoms with Gasteiger partial charge in [0.1, 0.15) is 0 Å². The maximum atomic E-state index is 12.0. The Kier molecular flexibility index (Phi) is 4.67. The Labute approximate surface area is 115 Å². The number of likely N-dealkylation sites (tertiary alicyclic amines) is 1. The second kappa shape index (κ2) is 6.46. The van der Waals surface area contributed by atoms with Gasteiger partial charge in [0.25, 0.3) is 0 Å². The van der Waals surface area contributed by atoms with Crippen LogP contribution in [0, 0.1) is 0 Å². The molecular formula is C11H16N4O3S. The fourth-order valence-electron chi connectivity index (χ4n) is 1.88. The summed E-state index contributed by atoms with van der Waals surface area (Å²) >= 11 is 0.976. The van der Waals surface area contributed by atoms with Crippen LogP contribution in [0.4, 0.5) is 9.80 Å². The van der Waals surface area contributed by atoms with Crippen molar-refractivity contribution in [2.75, 3.05) is 25.0 Å². The highest BCUT2D eigenvalue weighted by Gasteiger charge is 2.22. The van der Waals surface area contributed by atoms with Crippen LogP contribution in [0.15, 0.2) is 0 Å². The molecule has 19 heavy (non-hydrogen) atoms. The molecule has 2 rings (SSSR count). The van der Waals surface area contributed by atoms with Gasteiger partial charge in [0.15, 0.2) is 5.00 Å². The first kappa shape index (κ1) is 13.7. The van der Waals surface area contributed by atoms with Gasteiger partial charge in [-0.1, -0.05) is 4.49 Å². The normalized spacial score (nSPS) is 15.1. The van der Waals surface area contributed by atoms with Crippen molar-refractivity contribution in [3.63, 3.8) is 0 Å². The highest BCUT2D eigenvalue weighted by molar-refractivity contribution is 7.10. The quantitative estimate of drug-likeness (QED) is 0.854. The molecule has 0 atom stereocenters. The fourth-order valence-corrected chi connectivity index (χ4v) is 2.43. The lowest BCUT2D eigenvalue weighted by Gasteiger charge is -2.26. The van der Waals surface area contributed by atoms with E-state index in [4.69, 9.17) is 4.74 Å². The van der Waals surface area contributed by atoms with Crippen LogP contribution < -0.4 is 5.32 Å². The molecular weight excluding hydrogens is 268 g/mol. The molecule has 8 heteroatoms. The van der Waals surface area contributed by atoms with Crippen LogP contribution in [0.25, 0.3) is 0 Å². The van der Waals surface area contributed by atoms with Gasteiger partial charge in [0.05, 0.1) is 6.61 Å². The standard InChI is InChI=1S/C11H16N4O3S/c1-2-18-10(16)8-9(19-14-13-8)12-11(17)15-6-4-3-5-7-15/h2-7H2,1H3,(H,12,17). The van der Waals surface area contributed by atoms with Gasteiger partial charge in [-0.25, -0.2) is 9.59 Å². The van der Waals surface area contributed by atoms with E-state index in [1.54, 1.807) is 11.8 Å². The van der Waals surface area contributed by atoms with E-state index in [0.717, 1.165) is 43.9 Å². The molecule has 1 aliphatic heterocycles. The number of anilines is 1. The lowest BCUT2D eigenvalue weighted by Crippen LogP contribution is -2.38. The third-order valence-corrected chi connectivity index (χ3v) is 3.46. The van der Waals surface area contributed by atoms with E-state index in [-0.39, 0.29) is 18.3 Å². The molecule has 0 aliphatic carbocycles. The van der Waals surface area contributed by atoms with Gasteiger partial charge in [0, 0.05) is 24.6 Å². The summed E-state index contributed by atoms with van der Waals surface area (Å²) in [6, 6.07) is -0.212. The topological polar surface area (TPSA) is 84.4 Å². The van der Waals surface area contributed by atoms with E-state index in [9.17, 15) is 9.59 Å². The molecule has 2 heterocycles. The zero-order valence-electron chi connectivity index (χ0n) is 10.7. The van der Waals surface area contributed by atoms with Crippen LogP contribution in [0.1, 0.15) is 36.7 Å². The first-order chi connectivity index (χ1) is 9.22. The average Bonchev–Trinajstić information content (AvgIpc) is 2.88. The monoisotopic (exact) mass is 284 g/mol. The van der Waals surface area contributed by atoms with Gasteiger partial charge in [-0.05, 0) is 26.2 Å². The molecule has 7 nitrogen and oxygen atoms in total. The van der Waals surface area contributed by atoms with E-state index in [0.29, 0.717) is 5.00 Å². The second-order valence-electron chi connectivity index (χ2n) is 4.15. The van der Waals surface area contributed by atoms with Gasteiger partial charge in [-0.3, -0.25) is 5.32 Å². The van der Waals surface area contributed by atoms with Crippen LogP contribution >= 0.6 is 11.5 Å². The number of nitrogens with one attached hydrogen (secondary N) is 1. The van der Waals surface area contributed by atoms with Gasteiger partial charge >= 0.3 is 12.0 Å². The highest BCUT2D eigenvalue weighted by Crippen LogP contribution is 2.20. The maximum absolute atomic E-state index is 12.0. The van der Waals surface area contributed by atoms with Gasteiger partial charge < -0.3 is 9.64 Å². The summed E-state index contributed by atoms with van der Waals surface area (Å²) in [5.41, 5.74) is 0.0669. The average molecular weight is 284 g/mol. The zero-order chi connectivity index (χ0) is 13.7. The lowest BCUT2D eigenvalue weighted by molar-refractivity contribution is 0.0520. The van der Waals surface area contributed by atoms with Crippen molar-refractivity contribution in [3.8, 4) is 0 Å². The van der Waals surface area contributed by atoms with Gasteiger partial charge in [-0.2, -0.15) is 0 Å². The summed E-state index contributed by atoms with van der Waals surface area (Å²) in [6.45, 7) is 3.46. The van der Waals surface area contributed by atoms with Crippen LogP contribution in [-0.4, -0.2) is 46.2 Å². The number of hydrogen-bond donors (Lipinski definition) is 1. The number of amides is 2. The summed E-state index contributed by atoms with van der Waals surface area (Å²) in [7, 11) is 0. The van der Waals surface area contributed by atoms with Crippen LogP contribution in [-0.2, 0) is 4.74 Å². The summed E-state index contributed by atoms with van der Waals surface area (Å²) in [4.78, 5) is 25.3. The van der Waals surface area contributed by atoms with E-state index < -0.39 is 5.97 Å². The number of hydrogen-bond acceptors (Lipinski definition) is 6. The molecule has 1 N–H and O–H groups in total. The number of esters is 1. The SMILES string of the molecule is CCOC(=O)c1nnsc1NC(=O)N1CCCCC1. The number of rotatable bonds is 3. The first-order valence-electron chi connectivity index (χ1n) is 6.27. The molecule has 0 saturated carbocycles. The molecule has 0 radical (unpaired) electrons. The zero-order valence-corrected chi connectivity index (χ0v) is 11.5. The molecule has 104 valence electrons. The molecule has 0 unspecified atom stereocenters. The number of ether oxygens (including phenoxy) is 1. The van der Waals surface area contributed by atoms with Crippen molar-refractivity contribution < 1.29 is 14.3 Å². The van der Waals surface area contributed by atoms with Crippen molar-refractivity contribution in [2.45, 2.75) is 26.2 Å². The highest BCUT2D eigenvalue weighted by atomic mass is 32.1. The molecule has 1 aliphatic rings. The third kappa shape index (κ3) is 3.40. The van der Waals surface area contributed by atoms with Crippen molar-refractivity contribution in [2.24, 2.45) is 0 Å². The minimum absolute atomic E-state index is 0.0669. The Morgan fingerprint density at radius 1 is 1.37 bits per heavy atom. The Balaban J connectivity index is 2.00. The van der Waals surface area contributed by atoms with Crippen LogP contribution in [0.3, 0.4) is 0 Å². The smallest absolute Gasteiger partial charge is 0.362 e.